The Morgan fingerprint density at radius 2 is 1.78 bits per heavy atom. The second-order valence-electron chi connectivity index (χ2n) is 11.3. The number of anilines is 2. The standard InChI is InChI=1S/C31H34F3N7O5/c1-35-20-12-13-40(15-20)30-38-26(36-14-21(18-8-4-2-5-9-18)19-10-6-3-7-11-19)23-27(39-30)41(17-37-23)28-24(43)25(22(16-42)45-28)46-29(44)31(32,33)34/h2-11,17,20-22,24-25,28,35,42-43H,12-16H2,1H3,(H,36,38,39)/t20-,22-,24-,25-,28-/m1/s1. The molecule has 2 aliphatic rings. The lowest BCUT2D eigenvalue weighted by Gasteiger charge is -2.22. The molecule has 244 valence electrons. The lowest BCUT2D eigenvalue weighted by molar-refractivity contribution is -0.210. The Morgan fingerprint density at radius 1 is 1.11 bits per heavy atom. The van der Waals surface area contributed by atoms with E-state index >= 15 is 0 Å². The zero-order valence-corrected chi connectivity index (χ0v) is 24.8. The van der Waals surface area contributed by atoms with Crippen molar-refractivity contribution in [3.8, 4) is 0 Å². The highest BCUT2D eigenvalue weighted by atomic mass is 19.4. The number of aliphatic hydroxyl groups is 2. The number of benzene rings is 2. The van der Waals surface area contributed by atoms with Gasteiger partial charge in [-0.25, -0.2) is 9.78 Å². The van der Waals surface area contributed by atoms with Crippen LogP contribution in [-0.4, -0.2) is 99.5 Å². The van der Waals surface area contributed by atoms with E-state index in [0.717, 1.165) is 17.5 Å². The van der Waals surface area contributed by atoms with Gasteiger partial charge in [0, 0.05) is 31.6 Å². The molecule has 2 aliphatic heterocycles. The van der Waals surface area contributed by atoms with Crippen molar-refractivity contribution in [2.24, 2.45) is 0 Å². The van der Waals surface area contributed by atoms with Crippen LogP contribution in [0.15, 0.2) is 67.0 Å². The van der Waals surface area contributed by atoms with Gasteiger partial charge in [0.25, 0.3) is 0 Å². The van der Waals surface area contributed by atoms with Crippen LogP contribution in [0.2, 0.25) is 0 Å². The minimum atomic E-state index is -5.29. The summed E-state index contributed by atoms with van der Waals surface area (Å²) < 4.78 is 50.5. The van der Waals surface area contributed by atoms with E-state index in [1.807, 2.05) is 48.3 Å². The van der Waals surface area contributed by atoms with Crippen LogP contribution in [0.1, 0.15) is 29.7 Å². The monoisotopic (exact) mass is 641 g/mol. The lowest BCUT2D eigenvalue weighted by Crippen LogP contribution is -2.41. The Morgan fingerprint density at radius 3 is 2.37 bits per heavy atom. The first-order valence-electron chi connectivity index (χ1n) is 14.9. The number of alkyl halides is 3. The highest BCUT2D eigenvalue weighted by molar-refractivity contribution is 5.84. The van der Waals surface area contributed by atoms with Crippen molar-refractivity contribution in [1.82, 2.24) is 24.8 Å². The number of carbonyl (C=O) groups excluding carboxylic acids is 1. The van der Waals surface area contributed by atoms with E-state index in [4.69, 9.17) is 14.7 Å². The first kappa shape index (κ1) is 31.7. The third kappa shape index (κ3) is 6.35. The predicted octanol–water partition coefficient (Wildman–Crippen LogP) is 2.59. The van der Waals surface area contributed by atoms with Crippen molar-refractivity contribution in [2.45, 2.75) is 49.1 Å². The van der Waals surface area contributed by atoms with Crippen molar-refractivity contribution in [2.75, 3.05) is 43.5 Å². The fraction of sp³-hybridized carbons (Fsp3) is 0.419. The Balaban J connectivity index is 1.36. The van der Waals surface area contributed by atoms with Gasteiger partial charge in [0.05, 0.1) is 12.9 Å². The SMILES string of the molecule is CN[C@@H]1CCN(c2nc(NCC(c3ccccc3)c3ccccc3)c3ncn([C@@H]4O[C@H](CO)[C@@H](OC(=O)C(F)(F)F)[C@H]4O)c3n2)C1. The zero-order valence-electron chi connectivity index (χ0n) is 24.8. The summed E-state index contributed by atoms with van der Waals surface area (Å²) in [6, 6.07) is 20.2. The maximum atomic E-state index is 13.0. The Hall–Kier alpha value is -4.31. The van der Waals surface area contributed by atoms with Gasteiger partial charge < -0.3 is 35.2 Å². The summed E-state index contributed by atoms with van der Waals surface area (Å²) in [5.41, 5.74) is 2.75. The first-order valence-corrected chi connectivity index (χ1v) is 14.9. The van der Waals surface area contributed by atoms with E-state index in [2.05, 4.69) is 44.6 Å². The highest BCUT2D eigenvalue weighted by Gasteiger charge is 2.51. The average molecular weight is 642 g/mol. The van der Waals surface area contributed by atoms with Crippen molar-refractivity contribution in [3.63, 3.8) is 0 Å². The number of nitrogens with one attached hydrogen (secondary N) is 2. The van der Waals surface area contributed by atoms with Gasteiger partial charge in [0.15, 0.2) is 29.3 Å². The Kier molecular flexibility index (Phi) is 9.08. The summed E-state index contributed by atoms with van der Waals surface area (Å²) in [7, 11) is 1.88. The van der Waals surface area contributed by atoms with E-state index in [-0.39, 0.29) is 17.6 Å². The number of likely N-dealkylation sites (N-methyl/N-ethyl adjacent to an activating group) is 1. The van der Waals surface area contributed by atoms with E-state index in [9.17, 15) is 28.2 Å². The number of esters is 1. The summed E-state index contributed by atoms with van der Waals surface area (Å²) in [5.74, 6) is -1.75. The van der Waals surface area contributed by atoms with E-state index in [1.165, 1.54) is 10.9 Å². The van der Waals surface area contributed by atoms with Gasteiger partial charge in [-0.15, -0.1) is 0 Å². The Labute approximate surface area is 262 Å². The summed E-state index contributed by atoms with van der Waals surface area (Å²) in [5, 5.41) is 27.6. The quantitative estimate of drug-likeness (QED) is 0.190. The van der Waals surface area contributed by atoms with Gasteiger partial charge in [0.2, 0.25) is 5.95 Å². The van der Waals surface area contributed by atoms with Crippen molar-refractivity contribution < 1.29 is 37.7 Å². The number of imidazole rings is 1. The molecule has 15 heteroatoms. The molecular weight excluding hydrogens is 607 g/mol. The normalized spacial score (nSPS) is 23.4. The fourth-order valence-electron chi connectivity index (χ4n) is 5.96. The third-order valence-corrected chi connectivity index (χ3v) is 8.40. The number of aliphatic hydroxyl groups excluding tert-OH is 2. The van der Waals surface area contributed by atoms with Gasteiger partial charge in [-0.2, -0.15) is 23.1 Å². The van der Waals surface area contributed by atoms with E-state index in [1.54, 1.807) is 0 Å². The molecule has 0 amide bonds. The molecule has 4 aromatic rings. The van der Waals surface area contributed by atoms with Crippen LogP contribution in [0, 0.1) is 0 Å². The molecule has 12 nitrogen and oxygen atoms in total. The molecule has 2 aromatic carbocycles. The molecule has 0 unspecified atom stereocenters. The summed E-state index contributed by atoms with van der Waals surface area (Å²) in [4.78, 5) is 27.7. The molecule has 0 radical (unpaired) electrons. The number of ether oxygens (including phenoxy) is 2. The third-order valence-electron chi connectivity index (χ3n) is 8.40. The fourth-order valence-corrected chi connectivity index (χ4v) is 5.96. The molecule has 0 bridgehead atoms. The molecule has 0 saturated carbocycles. The van der Waals surface area contributed by atoms with Gasteiger partial charge in [0.1, 0.15) is 12.2 Å². The molecule has 6 rings (SSSR count). The molecule has 4 heterocycles. The van der Waals surface area contributed by atoms with Crippen molar-refractivity contribution in [1.29, 1.82) is 0 Å². The number of nitrogens with zero attached hydrogens (tertiary/aromatic N) is 5. The number of hydrogen-bond donors (Lipinski definition) is 4. The van der Waals surface area contributed by atoms with Gasteiger partial charge in [-0.3, -0.25) is 4.57 Å². The molecule has 2 aromatic heterocycles. The number of hydrogen-bond acceptors (Lipinski definition) is 11. The molecule has 0 aliphatic carbocycles. The topological polar surface area (TPSA) is 147 Å². The van der Waals surface area contributed by atoms with Crippen LogP contribution >= 0.6 is 0 Å². The van der Waals surface area contributed by atoms with Crippen LogP contribution in [0.3, 0.4) is 0 Å². The minimum absolute atomic E-state index is 0.0483. The van der Waals surface area contributed by atoms with Crippen LogP contribution < -0.4 is 15.5 Å². The second-order valence-corrected chi connectivity index (χ2v) is 11.3. The number of rotatable bonds is 10. The summed E-state index contributed by atoms with van der Waals surface area (Å²) >= 11 is 0. The number of fused-ring (bicyclic) bond motifs is 1. The van der Waals surface area contributed by atoms with E-state index < -0.39 is 43.3 Å². The molecule has 46 heavy (non-hydrogen) atoms. The number of aromatic nitrogens is 4. The van der Waals surface area contributed by atoms with Crippen LogP contribution in [0.25, 0.3) is 11.2 Å². The first-order chi connectivity index (χ1) is 22.2. The van der Waals surface area contributed by atoms with Crippen LogP contribution in [0.4, 0.5) is 24.9 Å². The minimum Gasteiger partial charge on any atom is -0.450 e. The molecular formula is C31H34F3N7O5. The second kappa shape index (κ2) is 13.2. The average Bonchev–Trinajstić information content (AvgIpc) is 3.79. The Bertz CT molecular complexity index is 1600. The maximum absolute atomic E-state index is 13.0. The van der Waals surface area contributed by atoms with Crippen LogP contribution in [0.5, 0.6) is 0 Å². The van der Waals surface area contributed by atoms with Crippen molar-refractivity contribution >= 4 is 28.9 Å². The number of halogens is 3. The summed E-state index contributed by atoms with van der Waals surface area (Å²) in [6.07, 6.45) is -9.44. The van der Waals surface area contributed by atoms with Gasteiger partial charge in [-0.05, 0) is 24.6 Å². The number of carbonyl (C=O) groups is 1. The smallest absolute Gasteiger partial charge is 0.450 e. The van der Waals surface area contributed by atoms with Crippen molar-refractivity contribution in [3.05, 3.63) is 78.1 Å². The maximum Gasteiger partial charge on any atom is 0.490 e. The zero-order chi connectivity index (χ0) is 32.4. The van der Waals surface area contributed by atoms with Crippen LogP contribution in [-0.2, 0) is 14.3 Å². The van der Waals surface area contributed by atoms with E-state index in [0.29, 0.717) is 36.9 Å². The molecule has 4 N–H and O–H groups in total. The predicted molar refractivity (Wildman–Crippen MR) is 161 cm³/mol. The lowest BCUT2D eigenvalue weighted by atomic mass is 9.91. The highest BCUT2D eigenvalue weighted by Crippen LogP contribution is 2.36. The van der Waals surface area contributed by atoms with Gasteiger partial charge >= 0.3 is 12.1 Å². The largest absolute Gasteiger partial charge is 0.490 e. The van der Waals surface area contributed by atoms with Gasteiger partial charge in [-0.1, -0.05) is 60.7 Å². The molecule has 2 fully saturated rings. The molecule has 0 spiro atoms. The molecule has 5 atom stereocenters. The molecule has 2 saturated heterocycles. The summed E-state index contributed by atoms with van der Waals surface area (Å²) in [6.45, 7) is 0.946.